The van der Waals surface area contributed by atoms with Crippen molar-refractivity contribution in [2.75, 3.05) is 13.2 Å². The Hall–Kier alpha value is -1.63. The first-order valence-corrected chi connectivity index (χ1v) is 5.24. The van der Waals surface area contributed by atoms with Crippen LogP contribution in [0.4, 0.5) is 0 Å². The zero-order chi connectivity index (χ0) is 13.1. The highest BCUT2D eigenvalue weighted by atomic mass is 16.6. The fraction of sp³-hybridized carbons (Fsp3) is 0.700. The fourth-order valence-electron chi connectivity index (χ4n) is 1.86. The summed E-state index contributed by atoms with van der Waals surface area (Å²) in [6.45, 7) is 1.49. The molecule has 96 valence electrons. The fourth-order valence-corrected chi connectivity index (χ4v) is 1.86. The van der Waals surface area contributed by atoms with Gasteiger partial charge in [0.2, 0.25) is 0 Å². The molecule has 1 aliphatic rings. The van der Waals surface area contributed by atoms with Crippen molar-refractivity contribution in [3.8, 4) is 0 Å². The maximum Gasteiger partial charge on any atom is 0.351 e. The van der Waals surface area contributed by atoms with Crippen LogP contribution in [0.25, 0.3) is 0 Å². The van der Waals surface area contributed by atoms with Crippen molar-refractivity contribution in [1.29, 1.82) is 0 Å². The van der Waals surface area contributed by atoms with E-state index in [4.69, 9.17) is 14.9 Å². The van der Waals surface area contributed by atoms with Crippen molar-refractivity contribution < 1.29 is 34.1 Å². The average molecular weight is 246 g/mol. The first-order chi connectivity index (χ1) is 7.96. The third kappa shape index (κ3) is 2.23. The van der Waals surface area contributed by atoms with Gasteiger partial charge in [-0.3, -0.25) is 4.79 Å². The number of carbonyl (C=O) groups is 3. The lowest BCUT2D eigenvalue weighted by Gasteiger charge is -2.35. The number of hydrogen-bond acceptors (Lipinski definition) is 5. The summed E-state index contributed by atoms with van der Waals surface area (Å²) in [5.74, 6) is -5.57. The van der Waals surface area contributed by atoms with Gasteiger partial charge in [-0.1, -0.05) is 0 Å². The minimum absolute atomic E-state index is 0.0227. The van der Waals surface area contributed by atoms with Gasteiger partial charge < -0.3 is 19.7 Å². The molecule has 7 nitrogen and oxygen atoms in total. The average Bonchev–Trinajstić information content (AvgIpc) is 2.28. The van der Waals surface area contributed by atoms with Crippen LogP contribution in [0.1, 0.15) is 19.8 Å². The molecule has 0 aromatic rings. The summed E-state index contributed by atoms with van der Waals surface area (Å²) in [5, 5.41) is 18.1. The van der Waals surface area contributed by atoms with Crippen LogP contribution in [0.3, 0.4) is 0 Å². The van der Waals surface area contributed by atoms with Crippen LogP contribution in [0.15, 0.2) is 0 Å². The summed E-state index contributed by atoms with van der Waals surface area (Å²) in [5.41, 5.74) is -2.42. The number of carbonyl (C=O) groups excluding carboxylic acids is 1. The molecule has 0 aromatic carbocycles. The van der Waals surface area contributed by atoms with E-state index in [9.17, 15) is 14.4 Å². The Morgan fingerprint density at radius 3 is 2.53 bits per heavy atom. The third-order valence-electron chi connectivity index (χ3n) is 2.65. The normalized spacial score (nSPS) is 28.4. The molecule has 0 bridgehead atoms. The summed E-state index contributed by atoms with van der Waals surface area (Å²) < 4.78 is 9.58. The van der Waals surface area contributed by atoms with E-state index in [-0.39, 0.29) is 19.6 Å². The van der Waals surface area contributed by atoms with E-state index in [0.717, 1.165) is 0 Å². The number of rotatable bonds is 4. The Bertz CT molecular complexity index is 338. The van der Waals surface area contributed by atoms with E-state index in [2.05, 4.69) is 4.74 Å². The smallest absolute Gasteiger partial charge is 0.351 e. The molecule has 1 aliphatic heterocycles. The molecule has 0 amide bonds. The van der Waals surface area contributed by atoms with E-state index in [0.29, 0.717) is 6.42 Å². The minimum Gasteiger partial charge on any atom is -0.481 e. The second-order valence-electron chi connectivity index (χ2n) is 3.64. The lowest BCUT2D eigenvalue weighted by molar-refractivity contribution is -0.207. The Balaban J connectivity index is 3.14. The molecule has 7 heteroatoms. The van der Waals surface area contributed by atoms with Gasteiger partial charge in [0.15, 0.2) is 0 Å². The Morgan fingerprint density at radius 1 is 1.41 bits per heavy atom. The van der Waals surface area contributed by atoms with Gasteiger partial charge in [0, 0.05) is 6.61 Å². The summed E-state index contributed by atoms with van der Waals surface area (Å²) >= 11 is 0. The minimum atomic E-state index is -2.42. The molecule has 1 heterocycles. The molecule has 1 fully saturated rings. The van der Waals surface area contributed by atoms with Crippen LogP contribution >= 0.6 is 0 Å². The summed E-state index contributed by atoms with van der Waals surface area (Å²) in [7, 11) is 0. The summed E-state index contributed by atoms with van der Waals surface area (Å²) in [6, 6.07) is 0. The van der Waals surface area contributed by atoms with Gasteiger partial charge in [-0.2, -0.15) is 0 Å². The van der Waals surface area contributed by atoms with Crippen molar-refractivity contribution in [2.45, 2.75) is 25.4 Å². The van der Waals surface area contributed by atoms with E-state index >= 15 is 0 Å². The van der Waals surface area contributed by atoms with Crippen molar-refractivity contribution in [2.24, 2.45) is 5.92 Å². The topological polar surface area (TPSA) is 110 Å². The summed E-state index contributed by atoms with van der Waals surface area (Å²) in [4.78, 5) is 33.9. The van der Waals surface area contributed by atoms with Crippen molar-refractivity contribution in [3.63, 3.8) is 0 Å². The van der Waals surface area contributed by atoms with Crippen LogP contribution in [0, 0.1) is 5.92 Å². The van der Waals surface area contributed by atoms with Crippen LogP contribution in [0.2, 0.25) is 0 Å². The number of esters is 1. The van der Waals surface area contributed by atoms with Gasteiger partial charge in [0.05, 0.1) is 6.61 Å². The standard InChI is InChI=1S/C10H14O7/c1-2-16-9(15)10(8(13)14)6(7(11)12)4-3-5-17-10/h6H,2-5H2,1H3,(H,11,12)(H,13,14). The van der Waals surface area contributed by atoms with E-state index in [1.54, 1.807) is 0 Å². The van der Waals surface area contributed by atoms with Crippen molar-refractivity contribution in [3.05, 3.63) is 0 Å². The van der Waals surface area contributed by atoms with Crippen LogP contribution in [-0.2, 0) is 23.9 Å². The molecular weight excluding hydrogens is 232 g/mol. The largest absolute Gasteiger partial charge is 0.481 e. The predicted octanol–water partition coefficient (Wildman–Crippen LogP) is -0.116. The first-order valence-electron chi connectivity index (χ1n) is 5.24. The molecule has 0 aromatic heterocycles. The number of carboxylic acids is 2. The number of hydrogen-bond donors (Lipinski definition) is 2. The van der Waals surface area contributed by atoms with Crippen molar-refractivity contribution >= 4 is 17.9 Å². The molecule has 2 atom stereocenters. The van der Waals surface area contributed by atoms with Crippen LogP contribution < -0.4 is 0 Å². The summed E-state index contributed by atoms with van der Waals surface area (Å²) in [6.07, 6.45) is 0.464. The van der Waals surface area contributed by atoms with Crippen LogP contribution in [-0.4, -0.2) is 46.9 Å². The van der Waals surface area contributed by atoms with Gasteiger partial charge in [0.1, 0.15) is 5.92 Å². The molecule has 17 heavy (non-hydrogen) atoms. The van der Waals surface area contributed by atoms with E-state index in [1.807, 2.05) is 0 Å². The molecule has 0 saturated carbocycles. The van der Waals surface area contributed by atoms with E-state index in [1.165, 1.54) is 6.92 Å². The van der Waals surface area contributed by atoms with Gasteiger partial charge in [-0.05, 0) is 19.8 Å². The quantitative estimate of drug-likeness (QED) is 0.525. The monoisotopic (exact) mass is 246 g/mol. The van der Waals surface area contributed by atoms with Crippen LogP contribution in [0.5, 0.6) is 0 Å². The Labute approximate surface area is 97.3 Å². The lowest BCUT2D eigenvalue weighted by atomic mass is 9.81. The van der Waals surface area contributed by atoms with E-state index < -0.39 is 29.4 Å². The third-order valence-corrected chi connectivity index (χ3v) is 2.65. The number of aliphatic carboxylic acids is 2. The Kier molecular flexibility index (Phi) is 4.06. The maximum absolute atomic E-state index is 11.7. The zero-order valence-electron chi connectivity index (χ0n) is 9.34. The van der Waals surface area contributed by atoms with Crippen molar-refractivity contribution in [1.82, 2.24) is 0 Å². The highest BCUT2D eigenvalue weighted by Gasteiger charge is 2.60. The maximum atomic E-state index is 11.7. The van der Waals surface area contributed by atoms with Gasteiger partial charge in [-0.15, -0.1) is 0 Å². The molecule has 2 N–H and O–H groups in total. The lowest BCUT2D eigenvalue weighted by Crippen LogP contribution is -2.60. The SMILES string of the molecule is CCOC(=O)C1(C(=O)O)OCCCC1C(=O)O. The van der Waals surface area contributed by atoms with Gasteiger partial charge in [-0.25, -0.2) is 9.59 Å². The second-order valence-corrected chi connectivity index (χ2v) is 3.64. The Morgan fingerprint density at radius 2 is 2.06 bits per heavy atom. The highest BCUT2D eigenvalue weighted by molar-refractivity contribution is 6.06. The van der Waals surface area contributed by atoms with Gasteiger partial charge >= 0.3 is 17.9 Å². The molecule has 0 aliphatic carbocycles. The first kappa shape index (κ1) is 13.4. The molecule has 0 spiro atoms. The number of carboxylic acid groups (broad SMARTS) is 2. The molecule has 2 unspecified atom stereocenters. The highest BCUT2D eigenvalue weighted by Crippen LogP contribution is 2.33. The predicted molar refractivity (Wildman–Crippen MR) is 53.3 cm³/mol. The second kappa shape index (κ2) is 5.13. The zero-order valence-corrected chi connectivity index (χ0v) is 9.34. The molecular formula is C10H14O7. The van der Waals surface area contributed by atoms with Gasteiger partial charge in [0.25, 0.3) is 5.60 Å². The number of ether oxygens (including phenoxy) is 2. The molecule has 1 saturated heterocycles. The molecule has 1 rings (SSSR count). The molecule has 0 radical (unpaired) electrons.